The zero-order chi connectivity index (χ0) is 14.5. The molecule has 0 radical (unpaired) electrons. The number of rotatable bonds is 5. The minimum absolute atomic E-state index is 0.00190. The highest BCUT2D eigenvalue weighted by Gasteiger charge is 2.10. The SMILES string of the molecule is CCc1cc(C(=O)O)ncc1Oc1ccc(OC)nc1. The van der Waals surface area contributed by atoms with Crippen molar-refractivity contribution in [3.8, 4) is 17.4 Å². The minimum Gasteiger partial charge on any atom is -0.481 e. The third-order valence-corrected chi connectivity index (χ3v) is 2.69. The molecule has 0 atom stereocenters. The fraction of sp³-hybridized carbons (Fsp3) is 0.214. The lowest BCUT2D eigenvalue weighted by Gasteiger charge is -2.10. The molecule has 0 aromatic carbocycles. The smallest absolute Gasteiger partial charge is 0.354 e. The van der Waals surface area contributed by atoms with E-state index in [4.69, 9.17) is 14.6 Å². The van der Waals surface area contributed by atoms with Crippen LogP contribution in [0.4, 0.5) is 0 Å². The first-order valence-corrected chi connectivity index (χ1v) is 6.04. The van der Waals surface area contributed by atoms with Gasteiger partial charge in [0.1, 0.15) is 17.2 Å². The molecule has 20 heavy (non-hydrogen) atoms. The number of methoxy groups -OCH3 is 1. The monoisotopic (exact) mass is 274 g/mol. The van der Waals surface area contributed by atoms with Crippen LogP contribution < -0.4 is 9.47 Å². The van der Waals surface area contributed by atoms with Crippen molar-refractivity contribution in [2.45, 2.75) is 13.3 Å². The lowest BCUT2D eigenvalue weighted by molar-refractivity contribution is 0.0690. The molecule has 6 nitrogen and oxygen atoms in total. The summed E-state index contributed by atoms with van der Waals surface area (Å²) in [6.07, 6.45) is 3.58. The van der Waals surface area contributed by atoms with Gasteiger partial charge in [0, 0.05) is 6.07 Å². The van der Waals surface area contributed by atoms with Gasteiger partial charge in [-0.15, -0.1) is 0 Å². The molecule has 0 aliphatic heterocycles. The minimum atomic E-state index is -1.06. The molecule has 2 aromatic heterocycles. The topological polar surface area (TPSA) is 81.5 Å². The molecular formula is C14H14N2O4. The lowest BCUT2D eigenvalue weighted by atomic mass is 10.1. The van der Waals surface area contributed by atoms with Crippen molar-refractivity contribution in [3.05, 3.63) is 41.9 Å². The Bertz CT molecular complexity index is 611. The summed E-state index contributed by atoms with van der Waals surface area (Å²) < 4.78 is 10.6. The zero-order valence-corrected chi connectivity index (χ0v) is 11.2. The largest absolute Gasteiger partial charge is 0.481 e. The Hall–Kier alpha value is -2.63. The summed E-state index contributed by atoms with van der Waals surface area (Å²) in [5, 5.41) is 8.92. The van der Waals surface area contributed by atoms with Gasteiger partial charge in [0.25, 0.3) is 0 Å². The second-order valence-electron chi connectivity index (χ2n) is 3.97. The molecular weight excluding hydrogens is 260 g/mol. The van der Waals surface area contributed by atoms with Crippen LogP contribution in [-0.4, -0.2) is 28.2 Å². The molecule has 0 aliphatic rings. The Kier molecular flexibility index (Phi) is 4.14. The highest BCUT2D eigenvalue weighted by Crippen LogP contribution is 2.26. The van der Waals surface area contributed by atoms with Gasteiger partial charge in [0.2, 0.25) is 5.88 Å². The summed E-state index contributed by atoms with van der Waals surface area (Å²) in [4.78, 5) is 18.8. The van der Waals surface area contributed by atoms with Gasteiger partial charge in [-0.05, 0) is 24.1 Å². The van der Waals surface area contributed by atoms with E-state index in [-0.39, 0.29) is 5.69 Å². The van der Waals surface area contributed by atoms with Crippen molar-refractivity contribution in [2.75, 3.05) is 7.11 Å². The highest BCUT2D eigenvalue weighted by molar-refractivity contribution is 5.85. The first-order valence-electron chi connectivity index (χ1n) is 6.04. The van der Waals surface area contributed by atoms with Crippen LogP contribution in [0.5, 0.6) is 17.4 Å². The molecule has 2 aromatic rings. The maximum atomic E-state index is 10.9. The summed E-state index contributed by atoms with van der Waals surface area (Å²) in [7, 11) is 1.53. The molecule has 6 heteroatoms. The Morgan fingerprint density at radius 1 is 1.30 bits per heavy atom. The standard InChI is InChI=1S/C14H14N2O4/c1-3-9-6-11(14(17)18)15-8-12(9)20-10-4-5-13(19-2)16-7-10/h4-8H,3H2,1-2H3,(H,17,18). The van der Waals surface area contributed by atoms with E-state index in [1.807, 2.05) is 6.92 Å². The van der Waals surface area contributed by atoms with Crippen LogP contribution in [0, 0.1) is 0 Å². The molecule has 0 bridgehead atoms. The number of aromatic carboxylic acids is 1. The maximum Gasteiger partial charge on any atom is 0.354 e. The van der Waals surface area contributed by atoms with Crippen LogP contribution in [0.25, 0.3) is 0 Å². The van der Waals surface area contributed by atoms with E-state index in [9.17, 15) is 4.79 Å². The fourth-order valence-electron chi connectivity index (χ4n) is 1.64. The van der Waals surface area contributed by atoms with E-state index < -0.39 is 5.97 Å². The van der Waals surface area contributed by atoms with Crippen LogP contribution in [0.1, 0.15) is 23.0 Å². The molecule has 0 saturated heterocycles. The molecule has 104 valence electrons. The summed E-state index contributed by atoms with van der Waals surface area (Å²) in [6, 6.07) is 4.91. The molecule has 0 amide bonds. The number of hydrogen-bond donors (Lipinski definition) is 1. The van der Waals surface area contributed by atoms with Gasteiger partial charge in [-0.3, -0.25) is 0 Å². The number of aryl methyl sites for hydroxylation is 1. The molecule has 2 rings (SSSR count). The molecule has 0 spiro atoms. The van der Waals surface area contributed by atoms with Crippen LogP contribution >= 0.6 is 0 Å². The Balaban J connectivity index is 2.25. The van der Waals surface area contributed by atoms with Crippen molar-refractivity contribution >= 4 is 5.97 Å². The van der Waals surface area contributed by atoms with Gasteiger partial charge in [0.15, 0.2) is 0 Å². The number of hydrogen-bond acceptors (Lipinski definition) is 5. The molecule has 0 unspecified atom stereocenters. The number of carboxylic acids is 1. The molecule has 0 saturated carbocycles. The van der Waals surface area contributed by atoms with Crippen molar-refractivity contribution in [3.63, 3.8) is 0 Å². The number of aromatic nitrogens is 2. The van der Waals surface area contributed by atoms with E-state index in [1.54, 1.807) is 12.1 Å². The second-order valence-corrected chi connectivity index (χ2v) is 3.97. The number of pyridine rings is 2. The summed E-state index contributed by atoms with van der Waals surface area (Å²) in [6.45, 7) is 1.92. The summed E-state index contributed by atoms with van der Waals surface area (Å²) in [5.74, 6) is 0.486. The van der Waals surface area contributed by atoms with Crippen molar-refractivity contribution < 1.29 is 19.4 Å². The third kappa shape index (κ3) is 3.03. The van der Waals surface area contributed by atoms with Gasteiger partial charge in [-0.2, -0.15) is 0 Å². The zero-order valence-electron chi connectivity index (χ0n) is 11.2. The van der Waals surface area contributed by atoms with Gasteiger partial charge in [0.05, 0.1) is 19.5 Å². The van der Waals surface area contributed by atoms with E-state index >= 15 is 0 Å². The van der Waals surface area contributed by atoms with Gasteiger partial charge >= 0.3 is 5.97 Å². The Morgan fingerprint density at radius 2 is 2.10 bits per heavy atom. The van der Waals surface area contributed by atoms with Crippen molar-refractivity contribution in [2.24, 2.45) is 0 Å². The van der Waals surface area contributed by atoms with Gasteiger partial charge in [-0.1, -0.05) is 6.92 Å². The molecule has 2 heterocycles. The normalized spacial score (nSPS) is 10.1. The average molecular weight is 274 g/mol. The van der Waals surface area contributed by atoms with Crippen molar-refractivity contribution in [1.82, 2.24) is 9.97 Å². The van der Waals surface area contributed by atoms with E-state index in [0.717, 1.165) is 5.56 Å². The first kappa shape index (κ1) is 13.8. The summed E-state index contributed by atoms with van der Waals surface area (Å²) in [5.41, 5.74) is 0.773. The maximum absolute atomic E-state index is 10.9. The van der Waals surface area contributed by atoms with E-state index in [0.29, 0.717) is 23.8 Å². The summed E-state index contributed by atoms with van der Waals surface area (Å²) >= 11 is 0. The predicted octanol–water partition coefficient (Wildman–Crippen LogP) is 2.54. The molecule has 1 N–H and O–H groups in total. The predicted molar refractivity (Wildman–Crippen MR) is 71.4 cm³/mol. The first-order chi connectivity index (χ1) is 9.63. The van der Waals surface area contributed by atoms with Crippen LogP contribution in [0.2, 0.25) is 0 Å². The molecule has 0 aliphatic carbocycles. The van der Waals surface area contributed by atoms with Gasteiger partial charge < -0.3 is 14.6 Å². The Morgan fingerprint density at radius 3 is 2.65 bits per heavy atom. The third-order valence-electron chi connectivity index (χ3n) is 2.69. The lowest BCUT2D eigenvalue weighted by Crippen LogP contribution is -2.02. The highest BCUT2D eigenvalue weighted by atomic mass is 16.5. The van der Waals surface area contributed by atoms with Crippen LogP contribution in [-0.2, 0) is 6.42 Å². The van der Waals surface area contributed by atoms with Crippen molar-refractivity contribution in [1.29, 1.82) is 0 Å². The second kappa shape index (κ2) is 6.01. The average Bonchev–Trinajstić information content (AvgIpc) is 2.48. The fourth-order valence-corrected chi connectivity index (χ4v) is 1.64. The quantitative estimate of drug-likeness (QED) is 0.902. The number of ether oxygens (including phenoxy) is 2. The van der Waals surface area contributed by atoms with Gasteiger partial charge in [-0.25, -0.2) is 14.8 Å². The van der Waals surface area contributed by atoms with E-state index in [1.165, 1.54) is 25.6 Å². The van der Waals surface area contributed by atoms with Crippen LogP contribution in [0.3, 0.4) is 0 Å². The Labute approximate surface area is 116 Å². The molecule has 0 fully saturated rings. The number of nitrogens with zero attached hydrogens (tertiary/aromatic N) is 2. The van der Waals surface area contributed by atoms with Crippen LogP contribution in [0.15, 0.2) is 30.6 Å². The number of carbonyl (C=O) groups is 1. The number of carboxylic acid groups (broad SMARTS) is 1. The van der Waals surface area contributed by atoms with E-state index in [2.05, 4.69) is 9.97 Å².